The molecule has 0 atom stereocenters. The molecule has 0 spiro atoms. The zero-order chi connectivity index (χ0) is 12.6. The number of para-hydroxylation sites is 1. The molecule has 0 aromatic heterocycles. The quantitative estimate of drug-likeness (QED) is 0.846. The maximum atomic E-state index is 11.8. The first-order valence-corrected chi connectivity index (χ1v) is 7.94. The van der Waals surface area contributed by atoms with E-state index < -0.39 is 10.0 Å². The van der Waals surface area contributed by atoms with Crippen LogP contribution in [0.4, 0.5) is 5.69 Å². The minimum absolute atomic E-state index is 0.405. The minimum Gasteiger partial charge on any atom is -0.269 e. The molecule has 17 heavy (non-hydrogen) atoms. The van der Waals surface area contributed by atoms with Gasteiger partial charge in [0.1, 0.15) is 0 Å². The van der Waals surface area contributed by atoms with Gasteiger partial charge in [-0.15, -0.1) is 0 Å². The summed E-state index contributed by atoms with van der Waals surface area (Å²) in [6, 6.07) is 5.61. The highest BCUT2D eigenvalue weighted by Crippen LogP contribution is 2.46. The van der Waals surface area contributed by atoms with Crippen molar-refractivity contribution in [3.63, 3.8) is 0 Å². The fourth-order valence-corrected chi connectivity index (χ4v) is 3.42. The van der Waals surface area contributed by atoms with Crippen molar-refractivity contribution in [2.75, 3.05) is 17.1 Å². The van der Waals surface area contributed by atoms with Gasteiger partial charge in [-0.05, 0) is 37.3 Å². The van der Waals surface area contributed by atoms with E-state index in [1.807, 2.05) is 19.1 Å². The molecule has 1 aliphatic rings. The monoisotopic (exact) mass is 273 g/mol. The maximum absolute atomic E-state index is 11.8. The number of anilines is 1. The Bertz CT molecular complexity index is 523. The summed E-state index contributed by atoms with van der Waals surface area (Å²) in [5.74, 6) is 0.472. The van der Waals surface area contributed by atoms with Crippen LogP contribution in [-0.2, 0) is 10.0 Å². The number of rotatable bonds is 4. The fraction of sp³-hybridized carbons (Fsp3) is 0.500. The van der Waals surface area contributed by atoms with E-state index in [0.29, 0.717) is 23.2 Å². The average Bonchev–Trinajstić information content (AvgIpc) is 3.03. The van der Waals surface area contributed by atoms with Crippen molar-refractivity contribution in [1.29, 1.82) is 0 Å². The second-order valence-electron chi connectivity index (χ2n) is 4.38. The summed E-state index contributed by atoms with van der Waals surface area (Å²) in [6.07, 6.45) is 3.46. The van der Waals surface area contributed by atoms with Crippen molar-refractivity contribution in [2.45, 2.75) is 25.7 Å². The lowest BCUT2D eigenvalue weighted by Crippen LogP contribution is -2.30. The van der Waals surface area contributed by atoms with Crippen LogP contribution in [0.2, 0.25) is 5.02 Å². The number of sulfonamides is 1. The molecule has 0 unspecified atom stereocenters. The normalized spacial score (nSPS) is 15.9. The van der Waals surface area contributed by atoms with Crippen LogP contribution in [0.3, 0.4) is 0 Å². The van der Waals surface area contributed by atoms with Gasteiger partial charge in [0.05, 0.1) is 17.0 Å². The molecule has 0 radical (unpaired) electrons. The molecule has 0 heterocycles. The SMILES string of the molecule is CCN(c1c(Cl)cccc1C1CC1)S(C)(=O)=O. The van der Waals surface area contributed by atoms with E-state index in [1.54, 1.807) is 6.07 Å². The third kappa shape index (κ3) is 2.58. The van der Waals surface area contributed by atoms with Gasteiger partial charge in [-0.2, -0.15) is 0 Å². The minimum atomic E-state index is -3.27. The van der Waals surface area contributed by atoms with Gasteiger partial charge in [-0.1, -0.05) is 23.7 Å². The summed E-state index contributed by atoms with van der Waals surface area (Å²) < 4.78 is 24.9. The van der Waals surface area contributed by atoms with Gasteiger partial charge in [-0.3, -0.25) is 4.31 Å². The van der Waals surface area contributed by atoms with Crippen LogP contribution >= 0.6 is 11.6 Å². The number of benzene rings is 1. The molecular weight excluding hydrogens is 258 g/mol. The molecule has 1 aromatic rings. The summed E-state index contributed by atoms with van der Waals surface area (Å²) in [6.45, 7) is 2.23. The van der Waals surface area contributed by atoms with Gasteiger partial charge in [-0.25, -0.2) is 8.42 Å². The Labute approximate surface area is 107 Å². The Morgan fingerprint density at radius 3 is 2.53 bits per heavy atom. The lowest BCUT2D eigenvalue weighted by Gasteiger charge is -2.24. The van der Waals surface area contributed by atoms with Crippen molar-refractivity contribution < 1.29 is 8.42 Å². The first-order valence-electron chi connectivity index (χ1n) is 5.71. The summed E-state index contributed by atoms with van der Waals surface area (Å²) in [5, 5.41) is 0.515. The Hall–Kier alpha value is -0.740. The molecule has 3 nitrogen and oxygen atoms in total. The number of nitrogens with zero attached hydrogens (tertiary/aromatic N) is 1. The second kappa shape index (κ2) is 4.50. The largest absolute Gasteiger partial charge is 0.269 e. The van der Waals surface area contributed by atoms with Crippen LogP contribution in [0, 0.1) is 0 Å². The van der Waals surface area contributed by atoms with E-state index in [4.69, 9.17) is 11.6 Å². The third-order valence-electron chi connectivity index (χ3n) is 2.97. The zero-order valence-electron chi connectivity index (χ0n) is 9.98. The van der Waals surface area contributed by atoms with E-state index in [1.165, 1.54) is 10.6 Å². The Morgan fingerprint density at radius 1 is 1.41 bits per heavy atom. The van der Waals surface area contributed by atoms with Crippen molar-refractivity contribution in [2.24, 2.45) is 0 Å². The van der Waals surface area contributed by atoms with Crippen LogP contribution in [0.25, 0.3) is 0 Å². The standard InChI is InChI=1S/C12H16ClNO2S/c1-3-14(17(2,15)16)12-10(9-7-8-9)5-4-6-11(12)13/h4-6,9H,3,7-8H2,1-2H3. The number of hydrogen-bond donors (Lipinski definition) is 0. The van der Waals surface area contributed by atoms with Gasteiger partial charge in [0.2, 0.25) is 10.0 Å². The molecule has 1 aliphatic carbocycles. The third-order valence-corrected chi connectivity index (χ3v) is 4.52. The molecule has 94 valence electrons. The van der Waals surface area contributed by atoms with Gasteiger partial charge < -0.3 is 0 Å². The highest BCUT2D eigenvalue weighted by atomic mass is 35.5. The second-order valence-corrected chi connectivity index (χ2v) is 6.69. The molecule has 1 saturated carbocycles. The van der Waals surface area contributed by atoms with Gasteiger partial charge in [0.25, 0.3) is 0 Å². The Morgan fingerprint density at radius 2 is 2.06 bits per heavy atom. The maximum Gasteiger partial charge on any atom is 0.232 e. The molecule has 5 heteroatoms. The average molecular weight is 274 g/mol. The van der Waals surface area contributed by atoms with Crippen molar-refractivity contribution in [3.05, 3.63) is 28.8 Å². The number of hydrogen-bond acceptors (Lipinski definition) is 2. The molecular formula is C12H16ClNO2S. The first-order chi connectivity index (χ1) is 7.95. The van der Waals surface area contributed by atoms with Gasteiger partial charge >= 0.3 is 0 Å². The lowest BCUT2D eigenvalue weighted by molar-refractivity contribution is 0.597. The van der Waals surface area contributed by atoms with Crippen LogP contribution in [0.5, 0.6) is 0 Å². The molecule has 2 rings (SSSR count). The van der Waals surface area contributed by atoms with Gasteiger partial charge in [0, 0.05) is 6.54 Å². The smallest absolute Gasteiger partial charge is 0.232 e. The Kier molecular flexibility index (Phi) is 3.36. The molecule has 0 aliphatic heterocycles. The Balaban J connectivity index is 2.56. The van der Waals surface area contributed by atoms with E-state index in [0.717, 1.165) is 18.4 Å². The highest BCUT2D eigenvalue weighted by Gasteiger charge is 2.30. The zero-order valence-corrected chi connectivity index (χ0v) is 11.6. The van der Waals surface area contributed by atoms with Crippen LogP contribution < -0.4 is 4.31 Å². The van der Waals surface area contributed by atoms with Crippen LogP contribution in [-0.4, -0.2) is 21.2 Å². The van der Waals surface area contributed by atoms with E-state index >= 15 is 0 Å². The topological polar surface area (TPSA) is 37.4 Å². The first kappa shape index (κ1) is 12.7. The van der Waals surface area contributed by atoms with E-state index in [2.05, 4.69) is 0 Å². The van der Waals surface area contributed by atoms with Gasteiger partial charge in [0.15, 0.2) is 0 Å². The van der Waals surface area contributed by atoms with Crippen molar-refractivity contribution in [3.8, 4) is 0 Å². The van der Waals surface area contributed by atoms with Crippen LogP contribution in [0.15, 0.2) is 18.2 Å². The van der Waals surface area contributed by atoms with E-state index in [9.17, 15) is 8.42 Å². The summed E-state index contributed by atoms with van der Waals surface area (Å²) in [5.41, 5.74) is 1.73. The lowest BCUT2D eigenvalue weighted by atomic mass is 10.1. The molecule has 0 saturated heterocycles. The van der Waals surface area contributed by atoms with Crippen molar-refractivity contribution in [1.82, 2.24) is 0 Å². The number of halogens is 1. The molecule has 0 N–H and O–H groups in total. The molecule has 0 bridgehead atoms. The van der Waals surface area contributed by atoms with Crippen LogP contribution in [0.1, 0.15) is 31.2 Å². The van der Waals surface area contributed by atoms with Crippen molar-refractivity contribution >= 4 is 27.3 Å². The summed E-state index contributed by atoms with van der Waals surface area (Å²) in [4.78, 5) is 0. The van der Waals surface area contributed by atoms with E-state index in [-0.39, 0.29) is 0 Å². The predicted molar refractivity (Wildman–Crippen MR) is 71.3 cm³/mol. The summed E-state index contributed by atoms with van der Waals surface area (Å²) in [7, 11) is -3.27. The summed E-state index contributed by atoms with van der Waals surface area (Å²) >= 11 is 6.17. The molecule has 0 amide bonds. The predicted octanol–water partition coefficient (Wildman–Crippen LogP) is 3.00. The highest BCUT2D eigenvalue weighted by molar-refractivity contribution is 7.92. The molecule has 1 aromatic carbocycles. The molecule has 1 fully saturated rings. The fourth-order valence-electron chi connectivity index (χ4n) is 2.08.